The minimum absolute atomic E-state index is 0.166. The Kier molecular flexibility index (Phi) is 9.04. The molecular weight excluding hydrogens is 514 g/mol. The Morgan fingerprint density at radius 1 is 1.08 bits per heavy atom. The number of likely N-dealkylation sites (tertiary alicyclic amines) is 1. The topological polar surface area (TPSA) is 88.8 Å². The van der Waals surface area contributed by atoms with Crippen LogP contribution in [0.1, 0.15) is 67.1 Å². The lowest BCUT2D eigenvalue weighted by Crippen LogP contribution is -2.31. The van der Waals surface area contributed by atoms with E-state index >= 15 is 0 Å². The van der Waals surface area contributed by atoms with Crippen LogP contribution in [0.15, 0.2) is 34.7 Å². The third-order valence-corrected chi connectivity index (χ3v) is 7.23. The van der Waals surface area contributed by atoms with E-state index in [-0.39, 0.29) is 23.4 Å². The molecule has 2 heterocycles. The van der Waals surface area contributed by atoms with Crippen molar-refractivity contribution in [3.05, 3.63) is 58.9 Å². The van der Waals surface area contributed by atoms with Crippen LogP contribution < -0.4 is 9.46 Å². The monoisotopic (exact) mass is 548 g/mol. The summed E-state index contributed by atoms with van der Waals surface area (Å²) in [6.07, 6.45) is 7.27. The number of carbonyl (C=O) groups excluding carboxylic acids is 1. The maximum absolute atomic E-state index is 14.9. The molecule has 0 unspecified atom stereocenters. The number of furan rings is 1. The lowest BCUT2D eigenvalue weighted by Gasteiger charge is -2.26. The predicted molar refractivity (Wildman–Crippen MR) is 143 cm³/mol. The Hall–Kier alpha value is -2.98. The molecule has 1 N–H and O–H groups in total. The summed E-state index contributed by atoms with van der Waals surface area (Å²) in [4.78, 5) is 15.9. The molecule has 1 aliphatic rings. The zero-order valence-corrected chi connectivity index (χ0v) is 22.6. The number of rotatable bonds is 12. The van der Waals surface area contributed by atoms with Crippen LogP contribution in [-0.4, -0.2) is 51.6 Å². The van der Waals surface area contributed by atoms with E-state index in [1.54, 1.807) is 6.07 Å². The number of hydrogen-bond acceptors (Lipinski definition) is 6. The number of nitrogens with zero attached hydrogens (tertiary/aromatic N) is 1. The second-order valence-electron chi connectivity index (χ2n) is 9.79. The number of fused-ring (bicyclic) bond motifs is 1. The summed E-state index contributed by atoms with van der Waals surface area (Å²) in [5, 5.41) is 0.369. The number of ether oxygens (including phenoxy) is 1. The van der Waals surface area contributed by atoms with E-state index in [0.29, 0.717) is 29.6 Å². The maximum atomic E-state index is 14.9. The highest BCUT2D eigenvalue weighted by Gasteiger charge is 2.25. The number of carbonyl (C=O) groups is 1. The second-order valence-corrected chi connectivity index (χ2v) is 11.5. The summed E-state index contributed by atoms with van der Waals surface area (Å²) in [6, 6.07) is 6.55. The van der Waals surface area contributed by atoms with Gasteiger partial charge in [-0.2, -0.15) is 0 Å². The van der Waals surface area contributed by atoms with Gasteiger partial charge in [0, 0.05) is 29.6 Å². The lowest BCUT2D eigenvalue weighted by molar-refractivity contribution is 0.103. The fourth-order valence-electron chi connectivity index (χ4n) is 4.81. The Labute approximate surface area is 222 Å². The summed E-state index contributed by atoms with van der Waals surface area (Å²) in [6.45, 7) is 5.04. The molecule has 0 spiro atoms. The van der Waals surface area contributed by atoms with Gasteiger partial charge in [0.15, 0.2) is 23.2 Å². The molecule has 0 amide bonds. The zero-order valence-electron chi connectivity index (χ0n) is 21.8. The van der Waals surface area contributed by atoms with Crippen molar-refractivity contribution in [2.24, 2.45) is 0 Å². The fraction of sp³-hybridized carbons (Fsp3) is 0.464. The van der Waals surface area contributed by atoms with Crippen LogP contribution in [-0.2, 0) is 16.4 Å². The minimum Gasteiger partial charge on any atom is -0.488 e. The summed E-state index contributed by atoms with van der Waals surface area (Å²) < 4.78 is 67.0. The number of nitrogens with one attached hydrogen (secondary N) is 1. The molecule has 38 heavy (non-hydrogen) atoms. The van der Waals surface area contributed by atoms with Crippen molar-refractivity contribution in [2.45, 2.75) is 51.9 Å². The Bertz CT molecular complexity index is 1370. The summed E-state index contributed by atoms with van der Waals surface area (Å²) >= 11 is 0. The van der Waals surface area contributed by atoms with Gasteiger partial charge in [-0.1, -0.05) is 19.8 Å². The van der Waals surface area contributed by atoms with Crippen molar-refractivity contribution in [2.75, 3.05) is 37.2 Å². The molecule has 4 rings (SSSR count). The lowest BCUT2D eigenvalue weighted by atomic mass is 9.97. The van der Waals surface area contributed by atoms with Gasteiger partial charge in [0.1, 0.15) is 11.3 Å². The minimum atomic E-state index is -3.55. The van der Waals surface area contributed by atoms with Crippen LogP contribution >= 0.6 is 0 Å². The van der Waals surface area contributed by atoms with Crippen LogP contribution in [0.3, 0.4) is 0 Å². The Morgan fingerprint density at radius 3 is 2.45 bits per heavy atom. The highest BCUT2D eigenvalue weighted by Crippen LogP contribution is 2.33. The second kappa shape index (κ2) is 12.3. The first-order valence-corrected chi connectivity index (χ1v) is 15.0. The SMILES string of the molecule is CCCCc1oc2ccc(NS(C)(=O)=O)cc2c1C(=O)c1cc(F)c(OCCCN2CCCCC2)c(F)c1. The first kappa shape index (κ1) is 28.0. The average Bonchev–Trinajstić information content (AvgIpc) is 3.23. The molecule has 7 nitrogen and oxygen atoms in total. The number of hydrogen-bond donors (Lipinski definition) is 1. The number of benzene rings is 2. The van der Waals surface area contributed by atoms with Crippen molar-refractivity contribution < 1.29 is 31.1 Å². The standard InChI is InChI=1S/C28H34F2N2O5S/c1-3-4-9-25-26(21-18-20(31-38(2,34)35)10-11-24(21)37-25)27(33)19-16-22(29)28(23(30)17-19)36-15-8-14-32-12-6-5-7-13-32/h10-11,16-18,31H,3-9,12-15H2,1-2H3. The van der Waals surface area contributed by atoms with Gasteiger partial charge in [0.25, 0.3) is 0 Å². The number of unbranched alkanes of at least 4 members (excludes halogenated alkanes) is 1. The van der Waals surface area contributed by atoms with E-state index < -0.39 is 33.2 Å². The smallest absolute Gasteiger partial charge is 0.229 e. The van der Waals surface area contributed by atoms with Gasteiger partial charge in [0.05, 0.1) is 18.4 Å². The number of aryl methyl sites for hydroxylation is 1. The highest BCUT2D eigenvalue weighted by molar-refractivity contribution is 7.92. The molecule has 1 fully saturated rings. The van der Waals surface area contributed by atoms with Crippen molar-refractivity contribution >= 4 is 32.5 Å². The molecule has 3 aromatic rings. The molecule has 1 aliphatic heterocycles. The molecular formula is C28H34F2N2O5S. The van der Waals surface area contributed by atoms with E-state index in [0.717, 1.165) is 50.9 Å². The average molecular weight is 549 g/mol. The molecule has 0 aliphatic carbocycles. The summed E-state index contributed by atoms with van der Waals surface area (Å²) in [5.41, 5.74) is 0.623. The van der Waals surface area contributed by atoms with Crippen LogP contribution in [0, 0.1) is 11.6 Å². The molecule has 0 bridgehead atoms. The first-order chi connectivity index (χ1) is 18.2. The number of sulfonamides is 1. The largest absolute Gasteiger partial charge is 0.488 e. The van der Waals surface area contributed by atoms with Crippen LogP contribution in [0.4, 0.5) is 14.5 Å². The number of halogens is 2. The quantitative estimate of drug-likeness (QED) is 0.224. The Balaban J connectivity index is 1.58. The van der Waals surface area contributed by atoms with E-state index in [4.69, 9.17) is 9.15 Å². The zero-order chi connectivity index (χ0) is 27.3. The number of piperidine rings is 1. The van der Waals surface area contributed by atoms with E-state index in [9.17, 15) is 22.0 Å². The molecule has 0 saturated carbocycles. The fourth-order valence-corrected chi connectivity index (χ4v) is 5.36. The van der Waals surface area contributed by atoms with Crippen molar-refractivity contribution in [1.82, 2.24) is 4.90 Å². The van der Waals surface area contributed by atoms with Crippen molar-refractivity contribution in [1.29, 1.82) is 0 Å². The van der Waals surface area contributed by atoms with Gasteiger partial charge in [-0.25, -0.2) is 17.2 Å². The highest BCUT2D eigenvalue weighted by atomic mass is 32.2. The number of ketones is 1. The third-order valence-electron chi connectivity index (χ3n) is 6.62. The predicted octanol–water partition coefficient (Wildman–Crippen LogP) is 5.91. The van der Waals surface area contributed by atoms with Gasteiger partial charge >= 0.3 is 0 Å². The van der Waals surface area contributed by atoms with Crippen LogP contribution in [0.2, 0.25) is 0 Å². The molecule has 0 radical (unpaired) electrons. The molecule has 206 valence electrons. The maximum Gasteiger partial charge on any atom is 0.229 e. The van der Waals surface area contributed by atoms with Gasteiger partial charge in [-0.3, -0.25) is 9.52 Å². The van der Waals surface area contributed by atoms with Crippen molar-refractivity contribution in [3.63, 3.8) is 0 Å². The molecule has 10 heteroatoms. The van der Waals surface area contributed by atoms with Crippen LogP contribution in [0.5, 0.6) is 5.75 Å². The van der Waals surface area contributed by atoms with E-state index in [1.165, 1.54) is 31.4 Å². The van der Waals surface area contributed by atoms with Gasteiger partial charge in [0.2, 0.25) is 10.0 Å². The van der Waals surface area contributed by atoms with Gasteiger partial charge in [-0.05, 0) is 69.1 Å². The van der Waals surface area contributed by atoms with E-state index in [2.05, 4.69) is 9.62 Å². The van der Waals surface area contributed by atoms with Crippen molar-refractivity contribution in [3.8, 4) is 5.75 Å². The summed E-state index contributed by atoms with van der Waals surface area (Å²) in [5.74, 6) is -2.62. The first-order valence-electron chi connectivity index (χ1n) is 13.1. The Morgan fingerprint density at radius 2 is 1.79 bits per heavy atom. The normalized spacial score (nSPS) is 14.6. The molecule has 1 saturated heterocycles. The van der Waals surface area contributed by atoms with Crippen LogP contribution in [0.25, 0.3) is 11.0 Å². The molecule has 1 aromatic heterocycles. The third kappa shape index (κ3) is 6.91. The van der Waals surface area contributed by atoms with E-state index in [1.807, 2.05) is 6.92 Å². The molecule has 0 atom stereocenters. The molecule has 2 aromatic carbocycles. The summed E-state index contributed by atoms with van der Waals surface area (Å²) in [7, 11) is -3.55. The van der Waals surface area contributed by atoms with Gasteiger partial charge in [-0.15, -0.1) is 0 Å². The van der Waals surface area contributed by atoms with Gasteiger partial charge < -0.3 is 14.1 Å². The number of anilines is 1.